The van der Waals surface area contributed by atoms with Crippen LogP contribution in [-0.4, -0.2) is 46.8 Å². The fourth-order valence-corrected chi connectivity index (χ4v) is 3.92. The molecule has 1 saturated heterocycles. The summed E-state index contributed by atoms with van der Waals surface area (Å²) in [6.07, 6.45) is 6.21. The van der Waals surface area contributed by atoms with Crippen LogP contribution in [0.15, 0.2) is 28.8 Å². The van der Waals surface area contributed by atoms with Crippen molar-refractivity contribution >= 4 is 5.91 Å². The van der Waals surface area contributed by atoms with Gasteiger partial charge in [0.05, 0.1) is 19.3 Å². The minimum absolute atomic E-state index is 0.0752. The minimum Gasteiger partial charge on any atom is -0.490 e. The summed E-state index contributed by atoms with van der Waals surface area (Å²) in [4.78, 5) is 19.0. The molecule has 0 unspecified atom stereocenters. The molecule has 150 valence electrons. The molecule has 0 radical (unpaired) electrons. The second-order valence-electron chi connectivity index (χ2n) is 7.53. The van der Waals surface area contributed by atoms with E-state index in [0.717, 1.165) is 24.2 Å². The lowest BCUT2D eigenvalue weighted by Gasteiger charge is -2.33. The Morgan fingerprint density at radius 3 is 2.96 bits per heavy atom. The number of carbonyl (C=O) groups is 1. The maximum Gasteiger partial charge on any atom is 0.251 e. The fourth-order valence-electron chi connectivity index (χ4n) is 3.92. The number of amides is 1. The van der Waals surface area contributed by atoms with E-state index in [2.05, 4.69) is 16.2 Å². The molecule has 0 bridgehead atoms. The Morgan fingerprint density at radius 1 is 1.32 bits per heavy atom. The van der Waals surface area contributed by atoms with Gasteiger partial charge >= 0.3 is 0 Å². The summed E-state index contributed by atoms with van der Waals surface area (Å²) in [5.41, 5.74) is 1.11. The van der Waals surface area contributed by atoms with Gasteiger partial charge in [-0.15, -0.1) is 0 Å². The first-order valence-corrected chi connectivity index (χ1v) is 10.1. The molecule has 1 aromatic heterocycles. The SMILES string of the molecule is Cc1noc([C@@H]2COCCN2C(=O)CCc2cccc(OC3CCCC3)c2)n1. The number of carbonyl (C=O) groups excluding carboxylic acids is 1. The standard InChI is InChI=1S/C21H27N3O4/c1-15-22-21(28-23-15)19-14-26-12-11-24(19)20(25)10-9-16-5-4-8-18(13-16)27-17-6-2-3-7-17/h4-5,8,13,17,19H,2-3,6-7,9-12,14H2,1H3/t19-/m0/s1. The lowest BCUT2D eigenvalue weighted by Crippen LogP contribution is -2.43. The van der Waals surface area contributed by atoms with Crippen LogP contribution in [0.2, 0.25) is 0 Å². The first kappa shape index (κ1) is 18.9. The fraction of sp³-hybridized carbons (Fsp3) is 0.571. The maximum atomic E-state index is 12.9. The second kappa shape index (κ2) is 8.73. The Morgan fingerprint density at radius 2 is 2.18 bits per heavy atom. The monoisotopic (exact) mass is 385 g/mol. The number of aromatic nitrogens is 2. The highest BCUT2D eigenvalue weighted by atomic mass is 16.5. The molecule has 2 heterocycles. The third kappa shape index (κ3) is 4.52. The Labute approximate surface area is 165 Å². The first-order valence-electron chi connectivity index (χ1n) is 10.1. The number of hydrogen-bond acceptors (Lipinski definition) is 6. The molecule has 1 aliphatic heterocycles. The van der Waals surface area contributed by atoms with Crippen LogP contribution in [0.3, 0.4) is 0 Å². The van der Waals surface area contributed by atoms with E-state index in [9.17, 15) is 4.79 Å². The molecule has 0 N–H and O–H groups in total. The summed E-state index contributed by atoms with van der Waals surface area (Å²) in [5.74, 6) is 1.98. The molecule has 1 saturated carbocycles. The van der Waals surface area contributed by atoms with Crippen LogP contribution in [0, 0.1) is 6.92 Å². The number of ether oxygens (including phenoxy) is 2. The Hall–Kier alpha value is -2.41. The molecule has 7 nitrogen and oxygen atoms in total. The molecule has 0 spiro atoms. The van der Waals surface area contributed by atoms with Crippen molar-refractivity contribution in [1.82, 2.24) is 15.0 Å². The van der Waals surface area contributed by atoms with Crippen LogP contribution in [0.25, 0.3) is 0 Å². The number of rotatable bonds is 6. The molecule has 2 fully saturated rings. The van der Waals surface area contributed by atoms with Gasteiger partial charge in [0.15, 0.2) is 5.82 Å². The number of aryl methyl sites for hydroxylation is 2. The molecule has 1 aliphatic carbocycles. The van der Waals surface area contributed by atoms with Crippen molar-refractivity contribution in [3.05, 3.63) is 41.5 Å². The third-order valence-electron chi connectivity index (χ3n) is 5.41. The third-order valence-corrected chi connectivity index (χ3v) is 5.41. The van der Waals surface area contributed by atoms with Crippen LogP contribution in [0.5, 0.6) is 5.75 Å². The molecule has 1 amide bonds. The molecule has 2 aliphatic rings. The van der Waals surface area contributed by atoms with E-state index in [1.165, 1.54) is 12.8 Å². The van der Waals surface area contributed by atoms with Crippen LogP contribution in [0.1, 0.15) is 55.4 Å². The highest BCUT2D eigenvalue weighted by Crippen LogP contribution is 2.26. The normalized spacial score (nSPS) is 20.5. The van der Waals surface area contributed by atoms with Crippen molar-refractivity contribution in [2.24, 2.45) is 0 Å². The van der Waals surface area contributed by atoms with Crippen molar-refractivity contribution in [3.8, 4) is 5.75 Å². The van der Waals surface area contributed by atoms with Gasteiger partial charge in [-0.05, 0) is 56.7 Å². The molecule has 1 aromatic carbocycles. The number of benzene rings is 1. The van der Waals surface area contributed by atoms with Gasteiger partial charge in [-0.1, -0.05) is 17.3 Å². The summed E-state index contributed by atoms with van der Waals surface area (Å²) >= 11 is 0. The maximum absolute atomic E-state index is 12.9. The quantitative estimate of drug-likeness (QED) is 0.760. The zero-order valence-electron chi connectivity index (χ0n) is 16.3. The van der Waals surface area contributed by atoms with Crippen molar-refractivity contribution in [3.63, 3.8) is 0 Å². The predicted octanol–water partition coefficient (Wildman–Crippen LogP) is 3.23. The van der Waals surface area contributed by atoms with Crippen molar-refractivity contribution in [2.45, 2.75) is 57.6 Å². The van der Waals surface area contributed by atoms with Crippen LogP contribution < -0.4 is 4.74 Å². The van der Waals surface area contributed by atoms with Crippen LogP contribution in [0.4, 0.5) is 0 Å². The molecule has 28 heavy (non-hydrogen) atoms. The van der Waals surface area contributed by atoms with Crippen molar-refractivity contribution in [1.29, 1.82) is 0 Å². The average molecular weight is 385 g/mol. The topological polar surface area (TPSA) is 77.7 Å². The lowest BCUT2D eigenvalue weighted by molar-refractivity contribution is -0.141. The predicted molar refractivity (Wildman–Crippen MR) is 102 cm³/mol. The Bertz CT molecular complexity index is 800. The number of hydrogen-bond donors (Lipinski definition) is 0. The van der Waals surface area contributed by atoms with Gasteiger partial charge < -0.3 is 18.9 Å². The van der Waals surface area contributed by atoms with Gasteiger partial charge in [0.25, 0.3) is 5.89 Å². The Kier molecular flexibility index (Phi) is 5.90. The van der Waals surface area contributed by atoms with E-state index >= 15 is 0 Å². The van der Waals surface area contributed by atoms with Crippen LogP contribution >= 0.6 is 0 Å². The first-order chi connectivity index (χ1) is 13.7. The number of nitrogens with zero attached hydrogens (tertiary/aromatic N) is 3. The van der Waals surface area contributed by atoms with Crippen molar-refractivity contribution in [2.75, 3.05) is 19.8 Å². The van der Waals surface area contributed by atoms with Gasteiger partial charge in [0, 0.05) is 13.0 Å². The van der Waals surface area contributed by atoms with Gasteiger partial charge in [-0.2, -0.15) is 4.98 Å². The largest absolute Gasteiger partial charge is 0.490 e. The lowest BCUT2D eigenvalue weighted by atomic mass is 10.1. The average Bonchev–Trinajstić information content (AvgIpc) is 3.38. The summed E-state index contributed by atoms with van der Waals surface area (Å²) in [6, 6.07) is 7.80. The summed E-state index contributed by atoms with van der Waals surface area (Å²) in [5, 5.41) is 3.84. The zero-order valence-corrected chi connectivity index (χ0v) is 16.3. The minimum atomic E-state index is -0.306. The van der Waals surface area contributed by atoms with E-state index in [1.54, 1.807) is 11.8 Å². The molecule has 2 aromatic rings. The highest BCUT2D eigenvalue weighted by Gasteiger charge is 2.32. The molecule has 4 rings (SSSR count). The smallest absolute Gasteiger partial charge is 0.251 e. The molecular formula is C21H27N3O4. The Balaban J connectivity index is 1.36. The van der Waals surface area contributed by atoms with E-state index in [0.29, 0.717) is 50.4 Å². The van der Waals surface area contributed by atoms with Crippen molar-refractivity contribution < 1.29 is 18.8 Å². The van der Waals surface area contributed by atoms with E-state index < -0.39 is 0 Å². The van der Waals surface area contributed by atoms with Crippen LogP contribution in [-0.2, 0) is 16.0 Å². The molecular weight excluding hydrogens is 358 g/mol. The van der Waals surface area contributed by atoms with E-state index in [-0.39, 0.29) is 11.9 Å². The van der Waals surface area contributed by atoms with Gasteiger partial charge in [-0.25, -0.2) is 0 Å². The second-order valence-corrected chi connectivity index (χ2v) is 7.53. The van der Waals surface area contributed by atoms with Gasteiger partial charge in [0.2, 0.25) is 5.91 Å². The number of morpholine rings is 1. The summed E-state index contributed by atoms with van der Waals surface area (Å²) in [7, 11) is 0. The van der Waals surface area contributed by atoms with Gasteiger partial charge in [-0.3, -0.25) is 4.79 Å². The van der Waals surface area contributed by atoms with E-state index in [1.807, 2.05) is 18.2 Å². The highest BCUT2D eigenvalue weighted by molar-refractivity contribution is 5.77. The summed E-state index contributed by atoms with van der Waals surface area (Å²) < 4.78 is 16.9. The molecule has 7 heteroatoms. The molecule has 1 atom stereocenters. The van der Waals surface area contributed by atoms with Gasteiger partial charge in [0.1, 0.15) is 11.8 Å². The summed E-state index contributed by atoms with van der Waals surface area (Å²) in [6.45, 7) is 3.22. The van der Waals surface area contributed by atoms with E-state index in [4.69, 9.17) is 14.0 Å². The zero-order chi connectivity index (χ0) is 19.3.